The Bertz CT molecular complexity index is 1710. The molecule has 6 rings (SSSR count). The van der Waals surface area contributed by atoms with Gasteiger partial charge in [-0.2, -0.15) is 5.10 Å². The van der Waals surface area contributed by atoms with E-state index in [1.54, 1.807) is 43.5 Å². The van der Waals surface area contributed by atoms with Crippen molar-refractivity contribution in [1.29, 1.82) is 0 Å². The Labute approximate surface area is 232 Å². The minimum atomic E-state index is -0.458. The number of hydrogen-bond acceptors (Lipinski definition) is 5. The predicted octanol–water partition coefficient (Wildman–Crippen LogP) is 7.06. The number of ether oxygens (including phenoxy) is 2. The Morgan fingerprint density at radius 1 is 0.750 bits per heavy atom. The maximum Gasteiger partial charge on any atom is 0.343 e. The van der Waals surface area contributed by atoms with Crippen LogP contribution in [0, 0.1) is 0 Å². The van der Waals surface area contributed by atoms with Gasteiger partial charge in [0.15, 0.2) is 0 Å². The van der Waals surface area contributed by atoms with Crippen molar-refractivity contribution >= 4 is 28.4 Å². The zero-order chi connectivity index (χ0) is 27.5. The molecule has 0 N–H and O–H groups in total. The first-order valence-electron chi connectivity index (χ1n) is 13.0. The van der Waals surface area contributed by atoms with Crippen molar-refractivity contribution in [2.45, 2.75) is 12.5 Å². The van der Waals surface area contributed by atoms with Gasteiger partial charge in [-0.1, -0.05) is 78.9 Å². The van der Waals surface area contributed by atoms with Crippen LogP contribution in [-0.2, 0) is 0 Å². The van der Waals surface area contributed by atoms with Crippen LogP contribution < -0.4 is 9.47 Å². The molecule has 1 amide bonds. The summed E-state index contributed by atoms with van der Waals surface area (Å²) in [6.45, 7) is 0. The maximum absolute atomic E-state index is 13.7. The number of carbonyl (C=O) groups is 2. The first kappa shape index (κ1) is 25.1. The van der Waals surface area contributed by atoms with Crippen molar-refractivity contribution in [3.63, 3.8) is 0 Å². The van der Waals surface area contributed by atoms with E-state index in [-0.39, 0.29) is 11.9 Å². The number of amides is 1. The van der Waals surface area contributed by atoms with Gasteiger partial charge in [0.2, 0.25) is 0 Å². The first-order chi connectivity index (χ1) is 19.6. The average Bonchev–Trinajstić information content (AvgIpc) is 3.47. The van der Waals surface area contributed by atoms with Crippen LogP contribution in [0.1, 0.15) is 44.3 Å². The lowest BCUT2D eigenvalue weighted by Crippen LogP contribution is -2.27. The minimum Gasteiger partial charge on any atom is -0.497 e. The number of benzene rings is 5. The molecule has 0 saturated carbocycles. The molecule has 0 saturated heterocycles. The Kier molecular flexibility index (Phi) is 6.81. The number of methoxy groups -OCH3 is 1. The molecule has 0 aliphatic carbocycles. The largest absolute Gasteiger partial charge is 0.497 e. The summed E-state index contributed by atoms with van der Waals surface area (Å²) in [4.78, 5) is 26.9. The van der Waals surface area contributed by atoms with Gasteiger partial charge in [-0.05, 0) is 53.4 Å². The van der Waals surface area contributed by atoms with Gasteiger partial charge in [0, 0.05) is 22.9 Å². The first-order valence-corrected chi connectivity index (χ1v) is 13.0. The molecule has 1 unspecified atom stereocenters. The third-order valence-electron chi connectivity index (χ3n) is 7.03. The Hall–Kier alpha value is -5.23. The molecule has 1 heterocycles. The van der Waals surface area contributed by atoms with Crippen LogP contribution in [0.2, 0.25) is 0 Å². The molecule has 0 bridgehead atoms. The summed E-state index contributed by atoms with van der Waals surface area (Å²) >= 11 is 0. The predicted molar refractivity (Wildman–Crippen MR) is 155 cm³/mol. The highest BCUT2D eigenvalue weighted by molar-refractivity contribution is 6.11. The highest BCUT2D eigenvalue weighted by Gasteiger charge is 2.35. The van der Waals surface area contributed by atoms with Crippen molar-refractivity contribution in [2.75, 3.05) is 7.11 Å². The highest BCUT2D eigenvalue weighted by atomic mass is 16.5. The Morgan fingerprint density at radius 3 is 2.10 bits per heavy atom. The van der Waals surface area contributed by atoms with Crippen LogP contribution in [0.3, 0.4) is 0 Å². The van der Waals surface area contributed by atoms with E-state index in [1.807, 2.05) is 84.9 Å². The fourth-order valence-electron chi connectivity index (χ4n) is 4.97. The molecule has 1 aliphatic rings. The number of nitrogens with zero attached hydrogens (tertiary/aromatic N) is 2. The number of rotatable bonds is 6. The summed E-state index contributed by atoms with van der Waals surface area (Å²) in [7, 11) is 1.62. The molecule has 0 fully saturated rings. The number of hydrogen-bond donors (Lipinski definition) is 0. The molecular formula is C34H26N2O4. The zero-order valence-corrected chi connectivity index (χ0v) is 21.9. The van der Waals surface area contributed by atoms with Crippen LogP contribution in [0.4, 0.5) is 0 Å². The standard InChI is InChI=1S/C34H26N2O4/c1-39-27-19-16-24(17-20-27)31-22-30(35-36(31)33(37)25-11-4-2-5-12-25)29-21-18-23-10-8-9-15-28(23)32(29)40-34(38)26-13-6-3-7-14-26/h2-21,31H,22H2,1H3. The second kappa shape index (κ2) is 10.9. The monoisotopic (exact) mass is 526 g/mol. The molecule has 6 heteroatoms. The van der Waals surface area contributed by atoms with Crippen LogP contribution in [0.15, 0.2) is 126 Å². The fraction of sp³-hybridized carbons (Fsp3) is 0.0882. The molecule has 0 spiro atoms. The highest BCUT2D eigenvalue weighted by Crippen LogP contribution is 2.39. The molecule has 196 valence electrons. The van der Waals surface area contributed by atoms with E-state index in [1.165, 1.54) is 5.01 Å². The van der Waals surface area contributed by atoms with Gasteiger partial charge in [-0.25, -0.2) is 9.80 Å². The maximum atomic E-state index is 13.7. The molecule has 1 atom stereocenters. The summed E-state index contributed by atoms with van der Waals surface area (Å²) in [6, 6.07) is 37.0. The van der Waals surface area contributed by atoms with E-state index in [0.29, 0.717) is 34.6 Å². The summed E-state index contributed by atoms with van der Waals surface area (Å²) in [5, 5.41) is 8.12. The third kappa shape index (κ3) is 4.83. The lowest BCUT2D eigenvalue weighted by Gasteiger charge is -2.22. The molecule has 0 aromatic heterocycles. The molecule has 5 aromatic carbocycles. The zero-order valence-electron chi connectivity index (χ0n) is 21.9. The lowest BCUT2D eigenvalue weighted by atomic mass is 9.95. The van der Waals surface area contributed by atoms with Crippen molar-refractivity contribution in [1.82, 2.24) is 5.01 Å². The summed E-state index contributed by atoms with van der Waals surface area (Å²) in [6.07, 6.45) is 0.444. The minimum absolute atomic E-state index is 0.208. The van der Waals surface area contributed by atoms with E-state index in [4.69, 9.17) is 14.6 Å². The number of carbonyl (C=O) groups excluding carboxylic acids is 2. The van der Waals surface area contributed by atoms with E-state index >= 15 is 0 Å². The van der Waals surface area contributed by atoms with E-state index in [0.717, 1.165) is 22.1 Å². The van der Waals surface area contributed by atoms with Gasteiger partial charge >= 0.3 is 5.97 Å². The second-order valence-electron chi connectivity index (χ2n) is 9.47. The number of hydrazone groups is 1. The molecule has 5 aromatic rings. The fourth-order valence-corrected chi connectivity index (χ4v) is 4.97. The third-order valence-corrected chi connectivity index (χ3v) is 7.03. The van der Waals surface area contributed by atoms with Gasteiger partial charge in [-0.15, -0.1) is 0 Å². The van der Waals surface area contributed by atoms with Gasteiger partial charge in [0.05, 0.1) is 24.4 Å². The number of fused-ring (bicyclic) bond motifs is 1. The van der Waals surface area contributed by atoms with Crippen LogP contribution >= 0.6 is 0 Å². The van der Waals surface area contributed by atoms with E-state index in [2.05, 4.69) is 0 Å². The SMILES string of the molecule is COc1ccc(C2CC(c3ccc4ccccc4c3OC(=O)c3ccccc3)=NN2C(=O)c2ccccc2)cc1. The van der Waals surface area contributed by atoms with Gasteiger partial charge in [-0.3, -0.25) is 4.79 Å². The Morgan fingerprint density at radius 2 is 1.40 bits per heavy atom. The van der Waals surface area contributed by atoms with Crippen molar-refractivity contribution < 1.29 is 19.1 Å². The van der Waals surface area contributed by atoms with Crippen molar-refractivity contribution in [3.05, 3.63) is 144 Å². The van der Waals surface area contributed by atoms with Crippen molar-refractivity contribution in [2.24, 2.45) is 5.10 Å². The average molecular weight is 527 g/mol. The van der Waals surface area contributed by atoms with Gasteiger partial charge in [0.25, 0.3) is 5.91 Å². The quantitative estimate of drug-likeness (QED) is 0.175. The van der Waals surface area contributed by atoms with Crippen LogP contribution in [-0.4, -0.2) is 29.7 Å². The van der Waals surface area contributed by atoms with E-state index < -0.39 is 5.97 Å². The molecule has 1 aliphatic heterocycles. The van der Waals surface area contributed by atoms with Gasteiger partial charge in [0.1, 0.15) is 11.5 Å². The smallest absolute Gasteiger partial charge is 0.343 e. The summed E-state index contributed by atoms with van der Waals surface area (Å²) in [5.74, 6) is 0.488. The normalized spacial score (nSPS) is 14.6. The van der Waals surface area contributed by atoms with Gasteiger partial charge < -0.3 is 9.47 Å². The molecular weight excluding hydrogens is 500 g/mol. The molecule has 0 radical (unpaired) electrons. The van der Waals surface area contributed by atoms with E-state index in [9.17, 15) is 9.59 Å². The second-order valence-corrected chi connectivity index (χ2v) is 9.47. The van der Waals surface area contributed by atoms with Crippen LogP contribution in [0.25, 0.3) is 10.8 Å². The Balaban J connectivity index is 1.45. The molecule has 40 heavy (non-hydrogen) atoms. The topological polar surface area (TPSA) is 68.2 Å². The van der Waals surface area contributed by atoms with Crippen LogP contribution in [0.5, 0.6) is 11.5 Å². The summed E-state index contributed by atoms with van der Waals surface area (Å²) in [5.41, 5.74) is 3.25. The summed E-state index contributed by atoms with van der Waals surface area (Å²) < 4.78 is 11.4. The lowest BCUT2D eigenvalue weighted by molar-refractivity contribution is 0.0708. The molecule has 6 nitrogen and oxygen atoms in total. The van der Waals surface area contributed by atoms with Crippen molar-refractivity contribution in [3.8, 4) is 11.5 Å². The number of esters is 1.